The van der Waals surface area contributed by atoms with Crippen molar-refractivity contribution in [3.8, 4) is 0 Å². The predicted octanol–water partition coefficient (Wildman–Crippen LogP) is 0.924. The average molecular weight is 157 g/mol. The van der Waals surface area contributed by atoms with Gasteiger partial charge in [-0.2, -0.15) is 10.0 Å². The molecule has 10 heavy (non-hydrogen) atoms. The fraction of sp³-hybridized carbons (Fsp3) is 0.500. The van der Waals surface area contributed by atoms with Crippen LogP contribution in [0.4, 0.5) is 0 Å². The molecule has 0 N–H and O–H groups in total. The third kappa shape index (κ3) is 1.67. The van der Waals surface area contributed by atoms with E-state index in [-0.39, 0.29) is 0 Å². The van der Waals surface area contributed by atoms with Crippen LogP contribution in [0.25, 0.3) is 0 Å². The van der Waals surface area contributed by atoms with Crippen LogP contribution in [0.1, 0.15) is 0 Å². The number of rotatable bonds is 1. The molecule has 0 aliphatic rings. The fourth-order valence-electron chi connectivity index (χ4n) is 0.545. The molecule has 1 aromatic heterocycles. The van der Waals surface area contributed by atoms with Crippen LogP contribution in [-0.4, -0.2) is 33.7 Å². The normalized spacial score (nSPS) is 13.1. The Morgan fingerprint density at radius 2 is 1.60 bits per heavy atom. The van der Waals surface area contributed by atoms with Crippen molar-refractivity contribution in [1.29, 1.82) is 0 Å². The molecule has 3 nitrogen and oxygen atoms in total. The van der Waals surface area contributed by atoms with E-state index >= 15 is 0 Å². The second-order valence-corrected chi connectivity index (χ2v) is 6.80. The molecule has 4 heteroatoms. The predicted molar refractivity (Wildman–Crippen MR) is 43.5 cm³/mol. The summed E-state index contributed by atoms with van der Waals surface area (Å²) in [5.41, 5.74) is 0. The van der Waals surface area contributed by atoms with Crippen molar-refractivity contribution < 1.29 is 0 Å². The first kappa shape index (κ1) is 7.47. The summed E-state index contributed by atoms with van der Waals surface area (Å²) in [5, 5.41) is 0.919. The lowest BCUT2D eigenvalue weighted by molar-refractivity contribution is 0.896. The van der Waals surface area contributed by atoms with Gasteiger partial charge < -0.3 is 0 Å². The van der Waals surface area contributed by atoms with Gasteiger partial charge in [-0.3, -0.25) is 0 Å². The molecule has 0 unspecified atom stereocenters. The lowest BCUT2D eigenvalue weighted by Gasteiger charge is -2.21. The minimum atomic E-state index is -0.765. The van der Waals surface area contributed by atoms with Crippen molar-refractivity contribution in [2.45, 2.75) is 5.16 Å². The Balaban J connectivity index is 2.97. The van der Waals surface area contributed by atoms with E-state index in [1.54, 1.807) is 12.7 Å². The van der Waals surface area contributed by atoms with E-state index in [2.05, 4.69) is 33.7 Å². The summed E-state index contributed by atoms with van der Waals surface area (Å²) >= 11 is 0. The molecule has 0 bridgehead atoms. The molecule has 0 fully saturated rings. The van der Waals surface area contributed by atoms with E-state index in [1.807, 2.05) is 0 Å². The molecule has 0 aliphatic heterocycles. The zero-order chi connectivity index (χ0) is 7.61. The number of nitrogens with zero attached hydrogens (tertiary/aromatic N) is 3. The molecule has 0 amide bonds. The van der Waals surface area contributed by atoms with Crippen molar-refractivity contribution in [3.05, 3.63) is 12.7 Å². The first-order valence-electron chi connectivity index (χ1n) is 2.91. The van der Waals surface area contributed by atoms with E-state index in [4.69, 9.17) is 0 Å². The topological polar surface area (TPSA) is 38.7 Å². The molecule has 0 saturated heterocycles. The lowest BCUT2D eigenvalue weighted by atomic mass is 11.1. The van der Waals surface area contributed by atoms with Crippen molar-refractivity contribution in [2.75, 3.05) is 18.8 Å². The van der Waals surface area contributed by atoms with Crippen molar-refractivity contribution in [3.63, 3.8) is 0 Å². The van der Waals surface area contributed by atoms with Gasteiger partial charge in [0, 0.05) is 0 Å². The molecule has 1 rings (SSSR count). The zero-order valence-corrected chi connectivity index (χ0v) is 7.22. The van der Waals surface area contributed by atoms with Crippen LogP contribution in [0.2, 0.25) is 0 Å². The Hall–Kier alpha value is -0.640. The zero-order valence-electron chi connectivity index (χ0n) is 6.40. The summed E-state index contributed by atoms with van der Waals surface area (Å²) in [6.45, 7) is 0. The summed E-state index contributed by atoms with van der Waals surface area (Å²) in [5.74, 6) is 0. The van der Waals surface area contributed by atoms with Crippen LogP contribution in [0.15, 0.2) is 17.8 Å². The average Bonchev–Trinajstić information content (AvgIpc) is 1.88. The monoisotopic (exact) mass is 157 g/mol. The van der Waals surface area contributed by atoms with E-state index in [1.165, 1.54) is 0 Å². The Labute approximate surface area is 62.2 Å². The summed E-state index contributed by atoms with van der Waals surface area (Å²) in [6, 6.07) is 0. The van der Waals surface area contributed by atoms with Gasteiger partial charge in [0.2, 0.25) is 0 Å². The van der Waals surface area contributed by atoms with Gasteiger partial charge in [0.1, 0.15) is 12.7 Å². The third-order valence-electron chi connectivity index (χ3n) is 1.02. The highest BCUT2D eigenvalue weighted by Crippen LogP contribution is 2.41. The van der Waals surface area contributed by atoms with Crippen LogP contribution in [0.5, 0.6) is 0 Å². The van der Waals surface area contributed by atoms with Gasteiger partial charge in [0.15, 0.2) is 5.16 Å². The number of hydrogen-bond acceptors (Lipinski definition) is 3. The largest absolute Gasteiger partial charge is 0.225 e. The highest BCUT2D eigenvalue weighted by molar-refractivity contribution is 8.32. The van der Waals surface area contributed by atoms with Crippen LogP contribution < -0.4 is 0 Å². The quantitative estimate of drug-likeness (QED) is 0.608. The standard InChI is InChI=1S/C6H11N3S/c1-10(2,3)6-8-4-7-5-9-6/h4-5H,1-3H3. The SMILES string of the molecule is CS(C)(C)c1ncncn1. The molecule has 0 aliphatic carbocycles. The van der Waals surface area contributed by atoms with Gasteiger partial charge in [-0.15, -0.1) is 0 Å². The van der Waals surface area contributed by atoms with E-state index < -0.39 is 10.0 Å². The van der Waals surface area contributed by atoms with E-state index in [0.29, 0.717) is 0 Å². The third-order valence-corrected chi connectivity index (χ3v) is 2.32. The Morgan fingerprint density at radius 3 is 1.90 bits per heavy atom. The molecule has 0 saturated carbocycles. The first-order valence-corrected chi connectivity index (χ1v) is 5.77. The van der Waals surface area contributed by atoms with E-state index in [9.17, 15) is 0 Å². The second-order valence-electron chi connectivity index (χ2n) is 2.76. The maximum absolute atomic E-state index is 4.06. The van der Waals surface area contributed by atoms with Gasteiger partial charge in [-0.25, -0.2) is 15.0 Å². The summed E-state index contributed by atoms with van der Waals surface area (Å²) in [6.07, 6.45) is 9.55. The van der Waals surface area contributed by atoms with Gasteiger partial charge in [-0.1, -0.05) is 0 Å². The molecular formula is C6H11N3S. The first-order chi connectivity index (χ1) is 4.61. The fourth-order valence-corrected chi connectivity index (χ4v) is 1.27. The van der Waals surface area contributed by atoms with Gasteiger partial charge in [0.05, 0.1) is 0 Å². The summed E-state index contributed by atoms with van der Waals surface area (Å²) in [4.78, 5) is 11.9. The van der Waals surface area contributed by atoms with Gasteiger partial charge in [0.25, 0.3) is 0 Å². The van der Waals surface area contributed by atoms with E-state index in [0.717, 1.165) is 5.16 Å². The molecule has 1 heterocycles. The van der Waals surface area contributed by atoms with Gasteiger partial charge in [-0.05, 0) is 18.8 Å². The van der Waals surface area contributed by atoms with Crippen LogP contribution in [0.3, 0.4) is 0 Å². The number of hydrogen-bond donors (Lipinski definition) is 0. The minimum Gasteiger partial charge on any atom is -0.225 e. The van der Waals surface area contributed by atoms with Crippen molar-refractivity contribution in [1.82, 2.24) is 15.0 Å². The van der Waals surface area contributed by atoms with Crippen molar-refractivity contribution in [2.24, 2.45) is 0 Å². The molecule has 0 aromatic carbocycles. The Kier molecular flexibility index (Phi) is 1.89. The molecule has 0 atom stereocenters. The van der Waals surface area contributed by atoms with Crippen LogP contribution in [0, 0.1) is 0 Å². The maximum Gasteiger partial charge on any atom is 0.172 e. The molecule has 0 radical (unpaired) electrons. The lowest BCUT2D eigenvalue weighted by Crippen LogP contribution is -1.99. The summed E-state index contributed by atoms with van der Waals surface area (Å²) < 4.78 is 0. The van der Waals surface area contributed by atoms with Crippen LogP contribution in [-0.2, 0) is 0 Å². The Morgan fingerprint density at radius 1 is 1.10 bits per heavy atom. The molecule has 0 spiro atoms. The summed E-state index contributed by atoms with van der Waals surface area (Å²) in [7, 11) is -0.765. The number of aromatic nitrogens is 3. The molecule has 56 valence electrons. The highest BCUT2D eigenvalue weighted by atomic mass is 32.3. The smallest absolute Gasteiger partial charge is 0.172 e. The minimum absolute atomic E-state index is 0.765. The molecule has 1 aromatic rings. The maximum atomic E-state index is 4.06. The van der Waals surface area contributed by atoms with Crippen LogP contribution >= 0.6 is 10.0 Å². The van der Waals surface area contributed by atoms with Crippen molar-refractivity contribution >= 4 is 10.0 Å². The highest BCUT2D eigenvalue weighted by Gasteiger charge is 2.09. The Bertz CT molecular complexity index is 204. The second kappa shape index (κ2) is 2.54. The molecular weight excluding hydrogens is 146 g/mol. The van der Waals surface area contributed by atoms with Gasteiger partial charge >= 0.3 is 0 Å².